The van der Waals surface area contributed by atoms with Crippen LogP contribution in [0, 0.1) is 16.0 Å². The number of nitro benzene ring substituents is 1. The van der Waals surface area contributed by atoms with Crippen LogP contribution in [0.25, 0.3) is 0 Å². The van der Waals surface area contributed by atoms with Gasteiger partial charge < -0.3 is 10.0 Å². The monoisotopic (exact) mass is 354 g/mol. The maximum atomic E-state index is 13.1. The summed E-state index contributed by atoms with van der Waals surface area (Å²) in [6.45, 7) is 0.508. The third kappa shape index (κ3) is 3.72. The number of carboxylic acids is 1. The van der Waals surface area contributed by atoms with Crippen molar-refractivity contribution in [3.63, 3.8) is 0 Å². The Kier molecular flexibility index (Phi) is 4.97. The average molecular weight is 354 g/mol. The minimum absolute atomic E-state index is 0.000207. The van der Waals surface area contributed by atoms with Crippen LogP contribution in [0.15, 0.2) is 48.5 Å². The largest absolute Gasteiger partial charge is 0.478 e. The summed E-state index contributed by atoms with van der Waals surface area (Å²) in [5, 5.41) is 20.3. The highest BCUT2D eigenvalue weighted by molar-refractivity contribution is 6.07. The van der Waals surface area contributed by atoms with Gasteiger partial charge in [0.1, 0.15) is 0 Å². The summed E-state index contributed by atoms with van der Waals surface area (Å²) >= 11 is 0. The molecular formula is C19H18N2O5. The number of hydrogen-bond acceptors (Lipinski definition) is 4. The first-order valence-corrected chi connectivity index (χ1v) is 8.35. The predicted octanol–water partition coefficient (Wildman–Crippen LogP) is 3.74. The van der Waals surface area contributed by atoms with Crippen LogP contribution in [0.5, 0.6) is 0 Å². The van der Waals surface area contributed by atoms with Gasteiger partial charge in [-0.15, -0.1) is 0 Å². The van der Waals surface area contributed by atoms with Crippen molar-refractivity contribution in [2.24, 2.45) is 5.92 Å². The fourth-order valence-electron chi connectivity index (χ4n) is 2.97. The van der Waals surface area contributed by atoms with Gasteiger partial charge in [0, 0.05) is 29.9 Å². The molecule has 1 aliphatic rings. The summed E-state index contributed by atoms with van der Waals surface area (Å²) < 4.78 is 0. The number of non-ortho nitro benzene ring substituents is 1. The van der Waals surface area contributed by atoms with Crippen LogP contribution in [0.2, 0.25) is 0 Å². The summed E-state index contributed by atoms with van der Waals surface area (Å²) in [5.41, 5.74) is -0.00308. The molecule has 0 aromatic heterocycles. The Bertz CT molecular complexity index is 814. The molecule has 0 saturated heterocycles. The first-order chi connectivity index (χ1) is 12.5. The molecule has 0 spiro atoms. The van der Waals surface area contributed by atoms with E-state index in [1.807, 2.05) is 18.2 Å². The number of carbonyl (C=O) groups is 2. The Hall–Kier alpha value is -3.22. The molecule has 1 aliphatic carbocycles. The van der Waals surface area contributed by atoms with E-state index in [2.05, 4.69) is 0 Å². The lowest BCUT2D eigenvalue weighted by molar-refractivity contribution is -0.384. The standard InChI is InChI=1S/C19H18N2O5/c22-18(14-9-15(19(23)24)11-17(10-14)21(25)26)20(12-13-5-4-6-13)16-7-2-1-3-8-16/h1-3,7-11,13H,4-6,12H2,(H,23,24). The highest BCUT2D eigenvalue weighted by atomic mass is 16.6. The van der Waals surface area contributed by atoms with Gasteiger partial charge >= 0.3 is 5.97 Å². The van der Waals surface area contributed by atoms with Crippen molar-refractivity contribution in [3.05, 3.63) is 69.8 Å². The Morgan fingerprint density at radius 1 is 1.12 bits per heavy atom. The van der Waals surface area contributed by atoms with Crippen LogP contribution in [-0.2, 0) is 0 Å². The molecule has 2 aromatic rings. The van der Waals surface area contributed by atoms with E-state index in [-0.39, 0.29) is 11.1 Å². The molecule has 1 fully saturated rings. The van der Waals surface area contributed by atoms with Crippen LogP contribution in [-0.4, -0.2) is 28.5 Å². The van der Waals surface area contributed by atoms with Crippen LogP contribution in [0.3, 0.4) is 0 Å². The first-order valence-electron chi connectivity index (χ1n) is 8.35. The summed E-state index contributed by atoms with van der Waals surface area (Å²) in [6, 6.07) is 12.3. The number of hydrogen-bond donors (Lipinski definition) is 1. The predicted molar refractivity (Wildman–Crippen MR) is 95.5 cm³/mol. The second kappa shape index (κ2) is 7.35. The van der Waals surface area contributed by atoms with E-state index in [9.17, 15) is 24.8 Å². The lowest BCUT2D eigenvalue weighted by Crippen LogP contribution is -2.37. The molecule has 0 bridgehead atoms. The van der Waals surface area contributed by atoms with Crippen molar-refractivity contribution in [2.45, 2.75) is 19.3 Å². The minimum Gasteiger partial charge on any atom is -0.478 e. The van der Waals surface area contributed by atoms with Gasteiger partial charge in [-0.25, -0.2) is 4.79 Å². The van der Waals surface area contributed by atoms with Gasteiger partial charge in [0.25, 0.3) is 11.6 Å². The second-order valence-corrected chi connectivity index (χ2v) is 6.38. The maximum absolute atomic E-state index is 13.1. The number of amides is 1. The molecule has 2 aromatic carbocycles. The normalized spacial score (nSPS) is 13.7. The van der Waals surface area contributed by atoms with Crippen molar-refractivity contribution < 1.29 is 19.6 Å². The van der Waals surface area contributed by atoms with E-state index in [1.54, 1.807) is 17.0 Å². The first kappa shape index (κ1) is 17.6. The Labute approximate surface area is 150 Å². The number of nitro groups is 1. The van der Waals surface area contributed by atoms with Crippen molar-refractivity contribution in [3.8, 4) is 0 Å². The van der Waals surface area contributed by atoms with Gasteiger partial charge in [0.15, 0.2) is 0 Å². The molecule has 26 heavy (non-hydrogen) atoms. The minimum atomic E-state index is -1.31. The van der Waals surface area contributed by atoms with Gasteiger partial charge in [0.05, 0.1) is 10.5 Å². The van der Waals surface area contributed by atoms with E-state index in [4.69, 9.17) is 0 Å². The van der Waals surface area contributed by atoms with E-state index < -0.39 is 22.5 Å². The van der Waals surface area contributed by atoms with Crippen molar-refractivity contribution in [1.82, 2.24) is 0 Å². The zero-order valence-corrected chi connectivity index (χ0v) is 14.0. The fraction of sp³-hybridized carbons (Fsp3) is 0.263. The van der Waals surface area contributed by atoms with Crippen LogP contribution in [0.4, 0.5) is 11.4 Å². The Balaban J connectivity index is 2.00. The second-order valence-electron chi connectivity index (χ2n) is 6.38. The zero-order valence-electron chi connectivity index (χ0n) is 14.0. The maximum Gasteiger partial charge on any atom is 0.335 e. The SMILES string of the molecule is O=C(O)c1cc(C(=O)N(CC2CCC2)c2ccccc2)cc([N+](=O)[O-])c1. The zero-order chi connectivity index (χ0) is 18.7. The molecule has 0 atom stereocenters. The summed E-state index contributed by atoms with van der Waals surface area (Å²) in [7, 11) is 0. The van der Waals surface area contributed by atoms with Crippen molar-refractivity contribution in [2.75, 3.05) is 11.4 Å². The number of nitrogens with zero attached hydrogens (tertiary/aromatic N) is 2. The van der Waals surface area contributed by atoms with E-state index in [1.165, 1.54) is 6.07 Å². The molecule has 1 N–H and O–H groups in total. The number of rotatable bonds is 6. The molecule has 1 saturated carbocycles. The fourth-order valence-corrected chi connectivity index (χ4v) is 2.97. The smallest absolute Gasteiger partial charge is 0.335 e. The molecule has 1 amide bonds. The van der Waals surface area contributed by atoms with Gasteiger partial charge in [-0.05, 0) is 37.0 Å². The number of carbonyl (C=O) groups excluding carboxylic acids is 1. The number of aromatic carboxylic acids is 1. The van der Waals surface area contributed by atoms with Gasteiger partial charge in [-0.1, -0.05) is 24.6 Å². The van der Waals surface area contributed by atoms with Crippen molar-refractivity contribution in [1.29, 1.82) is 0 Å². The molecule has 3 rings (SSSR count). The number of carboxylic acid groups (broad SMARTS) is 1. The summed E-state index contributed by atoms with van der Waals surface area (Å²) in [6.07, 6.45) is 3.19. The Morgan fingerprint density at radius 3 is 2.31 bits per heavy atom. The van der Waals surface area contributed by atoms with Gasteiger partial charge in [0.2, 0.25) is 0 Å². The van der Waals surface area contributed by atoms with Crippen LogP contribution < -0.4 is 4.90 Å². The summed E-state index contributed by atoms with van der Waals surface area (Å²) in [5.74, 6) is -1.36. The number of para-hydroxylation sites is 1. The molecular weight excluding hydrogens is 336 g/mol. The lowest BCUT2D eigenvalue weighted by atomic mass is 9.85. The molecule has 7 heteroatoms. The quantitative estimate of drug-likeness (QED) is 0.629. The molecule has 7 nitrogen and oxygen atoms in total. The molecule has 0 heterocycles. The summed E-state index contributed by atoms with van der Waals surface area (Å²) in [4.78, 5) is 36.4. The number of benzene rings is 2. The van der Waals surface area contributed by atoms with E-state index in [0.717, 1.165) is 31.4 Å². The average Bonchev–Trinajstić information content (AvgIpc) is 2.60. The van der Waals surface area contributed by atoms with Gasteiger partial charge in [-0.3, -0.25) is 14.9 Å². The lowest BCUT2D eigenvalue weighted by Gasteiger charge is -2.32. The molecule has 0 aliphatic heterocycles. The van der Waals surface area contributed by atoms with Crippen molar-refractivity contribution >= 4 is 23.3 Å². The molecule has 0 radical (unpaired) electrons. The highest BCUT2D eigenvalue weighted by Crippen LogP contribution is 2.30. The van der Waals surface area contributed by atoms with Gasteiger partial charge in [-0.2, -0.15) is 0 Å². The number of anilines is 1. The molecule has 0 unspecified atom stereocenters. The van der Waals surface area contributed by atoms with Crippen LogP contribution in [0.1, 0.15) is 40.0 Å². The third-order valence-corrected chi connectivity index (χ3v) is 4.60. The highest BCUT2D eigenvalue weighted by Gasteiger charge is 2.27. The Morgan fingerprint density at radius 2 is 1.77 bits per heavy atom. The molecule has 134 valence electrons. The van der Waals surface area contributed by atoms with E-state index >= 15 is 0 Å². The topological polar surface area (TPSA) is 101 Å². The third-order valence-electron chi connectivity index (χ3n) is 4.60. The van der Waals surface area contributed by atoms with E-state index in [0.29, 0.717) is 18.2 Å². The van der Waals surface area contributed by atoms with Crippen LogP contribution >= 0.6 is 0 Å².